The zero-order valence-electron chi connectivity index (χ0n) is 7.45. The Kier molecular flexibility index (Phi) is 5.46. The Bertz CT molecular complexity index is 93.3. The summed E-state index contributed by atoms with van der Waals surface area (Å²) in [5, 5.41) is 17.5. The van der Waals surface area contributed by atoms with Gasteiger partial charge in [0.25, 0.3) is 0 Å². The smallest absolute Gasteiger partial charge is 0.0833 e. The molecule has 0 saturated carbocycles. The van der Waals surface area contributed by atoms with E-state index in [-0.39, 0.29) is 31.3 Å². The van der Waals surface area contributed by atoms with Crippen molar-refractivity contribution in [2.45, 2.75) is 33.0 Å². The van der Waals surface area contributed by atoms with Crippen molar-refractivity contribution in [3.8, 4) is 0 Å². The summed E-state index contributed by atoms with van der Waals surface area (Å²) in [5.74, 6) is 0.286. The third-order valence-electron chi connectivity index (χ3n) is 1.59. The van der Waals surface area contributed by atoms with Gasteiger partial charge in [-0.25, -0.2) is 0 Å². The SMILES string of the molecule is CC(CO)OC(CO)C(C)C. The van der Waals surface area contributed by atoms with Gasteiger partial charge >= 0.3 is 0 Å². The molecule has 0 aliphatic heterocycles. The standard InChI is InChI=1S/C8H18O3/c1-6(2)8(5-10)11-7(3)4-9/h6-10H,4-5H2,1-3H3. The van der Waals surface area contributed by atoms with E-state index in [1.54, 1.807) is 6.92 Å². The summed E-state index contributed by atoms with van der Waals surface area (Å²) in [6.45, 7) is 5.76. The summed E-state index contributed by atoms with van der Waals surface area (Å²) in [6.07, 6.45) is -0.341. The van der Waals surface area contributed by atoms with E-state index in [4.69, 9.17) is 14.9 Å². The Morgan fingerprint density at radius 3 is 1.91 bits per heavy atom. The van der Waals surface area contributed by atoms with Gasteiger partial charge in [0, 0.05) is 0 Å². The van der Waals surface area contributed by atoms with E-state index in [1.165, 1.54) is 0 Å². The highest BCUT2D eigenvalue weighted by molar-refractivity contribution is 4.62. The molecule has 3 heteroatoms. The minimum Gasteiger partial charge on any atom is -0.394 e. The highest BCUT2D eigenvalue weighted by Crippen LogP contribution is 2.07. The van der Waals surface area contributed by atoms with Crippen molar-refractivity contribution in [3.05, 3.63) is 0 Å². The lowest BCUT2D eigenvalue weighted by molar-refractivity contribution is -0.0710. The first-order valence-corrected chi connectivity index (χ1v) is 3.99. The van der Waals surface area contributed by atoms with Gasteiger partial charge in [0.05, 0.1) is 25.4 Å². The number of ether oxygens (including phenoxy) is 1. The number of hydrogen-bond acceptors (Lipinski definition) is 3. The molecular formula is C8H18O3. The lowest BCUT2D eigenvalue weighted by Gasteiger charge is -2.22. The largest absolute Gasteiger partial charge is 0.394 e. The normalized spacial score (nSPS) is 16.9. The van der Waals surface area contributed by atoms with Gasteiger partial charge in [-0.15, -0.1) is 0 Å². The molecule has 0 aromatic rings. The Balaban J connectivity index is 3.68. The van der Waals surface area contributed by atoms with Crippen LogP contribution >= 0.6 is 0 Å². The van der Waals surface area contributed by atoms with E-state index < -0.39 is 0 Å². The molecule has 0 aliphatic carbocycles. The number of aliphatic hydroxyl groups excluding tert-OH is 2. The Morgan fingerprint density at radius 2 is 1.64 bits per heavy atom. The molecule has 0 rings (SSSR count). The Morgan fingerprint density at radius 1 is 1.09 bits per heavy atom. The van der Waals surface area contributed by atoms with Gasteiger partial charge in [0.15, 0.2) is 0 Å². The van der Waals surface area contributed by atoms with Gasteiger partial charge in [-0.1, -0.05) is 13.8 Å². The van der Waals surface area contributed by atoms with Crippen molar-refractivity contribution >= 4 is 0 Å². The summed E-state index contributed by atoms with van der Waals surface area (Å²) >= 11 is 0. The second-order valence-electron chi connectivity index (χ2n) is 3.09. The minimum atomic E-state index is -0.186. The van der Waals surface area contributed by atoms with E-state index in [9.17, 15) is 0 Å². The fourth-order valence-electron chi connectivity index (χ4n) is 0.752. The molecule has 0 aromatic heterocycles. The molecule has 0 aromatic carbocycles. The van der Waals surface area contributed by atoms with Crippen LogP contribution in [0.4, 0.5) is 0 Å². The molecule has 2 atom stereocenters. The van der Waals surface area contributed by atoms with Crippen LogP contribution in [0, 0.1) is 5.92 Å². The quantitative estimate of drug-likeness (QED) is 0.615. The zero-order chi connectivity index (χ0) is 8.85. The molecule has 2 unspecified atom stereocenters. The van der Waals surface area contributed by atoms with E-state index in [0.29, 0.717) is 0 Å². The monoisotopic (exact) mass is 162 g/mol. The molecule has 0 heterocycles. The lowest BCUT2D eigenvalue weighted by Crippen LogP contribution is -2.29. The maximum atomic E-state index is 8.83. The van der Waals surface area contributed by atoms with Crippen molar-refractivity contribution in [2.24, 2.45) is 5.92 Å². The molecule has 0 aliphatic rings. The summed E-state index contributed by atoms with van der Waals surface area (Å²) in [4.78, 5) is 0. The van der Waals surface area contributed by atoms with Crippen LogP contribution in [0.1, 0.15) is 20.8 Å². The second-order valence-corrected chi connectivity index (χ2v) is 3.09. The van der Waals surface area contributed by atoms with Gasteiger partial charge in [0.2, 0.25) is 0 Å². The van der Waals surface area contributed by atoms with Gasteiger partial charge in [-0.3, -0.25) is 0 Å². The molecule has 2 N–H and O–H groups in total. The molecule has 3 nitrogen and oxygen atoms in total. The molecule has 0 amide bonds. The van der Waals surface area contributed by atoms with Crippen LogP contribution in [-0.2, 0) is 4.74 Å². The number of rotatable bonds is 5. The van der Waals surface area contributed by atoms with Crippen LogP contribution in [0.5, 0.6) is 0 Å². The molecule has 68 valence electrons. The first kappa shape index (κ1) is 10.9. The summed E-state index contributed by atoms with van der Waals surface area (Å²) in [5.41, 5.74) is 0. The van der Waals surface area contributed by atoms with Crippen LogP contribution in [0.15, 0.2) is 0 Å². The molecule has 11 heavy (non-hydrogen) atoms. The average Bonchev–Trinajstić information content (AvgIpc) is 1.99. The second kappa shape index (κ2) is 5.52. The van der Waals surface area contributed by atoms with Crippen LogP contribution < -0.4 is 0 Å². The fraction of sp³-hybridized carbons (Fsp3) is 1.00. The van der Waals surface area contributed by atoms with Crippen LogP contribution in [0.2, 0.25) is 0 Å². The number of hydrogen-bond donors (Lipinski definition) is 2. The highest BCUT2D eigenvalue weighted by Gasteiger charge is 2.15. The van der Waals surface area contributed by atoms with Crippen molar-refractivity contribution in [1.82, 2.24) is 0 Å². The summed E-state index contributed by atoms with van der Waals surface area (Å²) < 4.78 is 5.31. The average molecular weight is 162 g/mol. The van der Waals surface area contributed by atoms with Crippen molar-refractivity contribution in [3.63, 3.8) is 0 Å². The van der Waals surface area contributed by atoms with Crippen molar-refractivity contribution in [1.29, 1.82) is 0 Å². The third kappa shape index (κ3) is 4.35. The van der Waals surface area contributed by atoms with Gasteiger partial charge in [-0.05, 0) is 12.8 Å². The predicted molar refractivity (Wildman–Crippen MR) is 43.3 cm³/mol. The zero-order valence-corrected chi connectivity index (χ0v) is 7.45. The summed E-state index contributed by atoms with van der Waals surface area (Å²) in [7, 11) is 0. The van der Waals surface area contributed by atoms with Gasteiger partial charge in [-0.2, -0.15) is 0 Å². The molecule has 0 fully saturated rings. The van der Waals surface area contributed by atoms with Crippen molar-refractivity contribution < 1.29 is 14.9 Å². The van der Waals surface area contributed by atoms with E-state index in [1.807, 2.05) is 13.8 Å². The van der Waals surface area contributed by atoms with Crippen LogP contribution in [0.3, 0.4) is 0 Å². The van der Waals surface area contributed by atoms with Crippen LogP contribution in [-0.4, -0.2) is 35.6 Å². The molecule has 0 saturated heterocycles. The predicted octanol–water partition coefficient (Wildman–Crippen LogP) is 0.401. The maximum Gasteiger partial charge on any atom is 0.0833 e. The fourth-order valence-corrected chi connectivity index (χ4v) is 0.752. The highest BCUT2D eigenvalue weighted by atomic mass is 16.5. The molecule has 0 bridgehead atoms. The summed E-state index contributed by atoms with van der Waals surface area (Å²) in [6, 6.07) is 0. The first-order valence-electron chi connectivity index (χ1n) is 3.99. The van der Waals surface area contributed by atoms with Gasteiger partial charge < -0.3 is 14.9 Å². The van der Waals surface area contributed by atoms with E-state index in [2.05, 4.69) is 0 Å². The number of aliphatic hydroxyl groups is 2. The van der Waals surface area contributed by atoms with Gasteiger partial charge in [0.1, 0.15) is 0 Å². The minimum absolute atomic E-state index is 0.00319. The molecular weight excluding hydrogens is 144 g/mol. The molecule has 0 spiro atoms. The topological polar surface area (TPSA) is 49.7 Å². The maximum absolute atomic E-state index is 8.83. The molecule has 0 radical (unpaired) electrons. The van der Waals surface area contributed by atoms with E-state index >= 15 is 0 Å². The lowest BCUT2D eigenvalue weighted by atomic mass is 10.1. The first-order chi connectivity index (χ1) is 5.11. The Hall–Kier alpha value is -0.120. The van der Waals surface area contributed by atoms with Crippen LogP contribution in [0.25, 0.3) is 0 Å². The Labute approximate surface area is 68.0 Å². The van der Waals surface area contributed by atoms with Crippen molar-refractivity contribution in [2.75, 3.05) is 13.2 Å². The van der Waals surface area contributed by atoms with E-state index in [0.717, 1.165) is 0 Å². The third-order valence-corrected chi connectivity index (χ3v) is 1.59.